The lowest BCUT2D eigenvalue weighted by molar-refractivity contribution is -0.162. The number of ether oxygens (including phenoxy) is 1. The molecular weight excluding hydrogens is 396 g/mol. The van der Waals surface area contributed by atoms with E-state index >= 15 is 0 Å². The van der Waals surface area contributed by atoms with Crippen LogP contribution < -0.4 is 0 Å². The second-order valence-electron chi connectivity index (χ2n) is 7.01. The number of carboxylic acids is 1. The molecule has 0 saturated heterocycles. The first-order valence-corrected chi connectivity index (χ1v) is 11.9. The van der Waals surface area contributed by atoms with Crippen LogP contribution in [-0.4, -0.2) is 58.4 Å². The molecule has 0 spiro atoms. The van der Waals surface area contributed by atoms with Gasteiger partial charge < -0.3 is 9.84 Å². The molecule has 154 valence electrons. The van der Waals surface area contributed by atoms with Crippen LogP contribution in [-0.2, 0) is 40.3 Å². The molecule has 0 aromatic heterocycles. The van der Waals surface area contributed by atoms with Crippen LogP contribution in [0.1, 0.15) is 25.8 Å². The van der Waals surface area contributed by atoms with Crippen molar-refractivity contribution in [3.63, 3.8) is 0 Å². The highest BCUT2D eigenvalue weighted by atomic mass is 32.2. The van der Waals surface area contributed by atoms with Crippen molar-refractivity contribution in [1.82, 2.24) is 0 Å². The van der Waals surface area contributed by atoms with Gasteiger partial charge in [-0.2, -0.15) is 8.42 Å². The van der Waals surface area contributed by atoms with Crippen LogP contribution in [0.25, 0.3) is 0 Å². The van der Waals surface area contributed by atoms with Crippen molar-refractivity contribution in [2.24, 2.45) is 5.41 Å². The Balaban J connectivity index is 2.66. The molecule has 27 heavy (non-hydrogen) atoms. The van der Waals surface area contributed by atoms with Gasteiger partial charge in [-0.15, -0.1) is 0 Å². The molecule has 0 aliphatic rings. The minimum absolute atomic E-state index is 0.0579. The Bertz CT molecular complexity index is 814. The van der Waals surface area contributed by atoms with Gasteiger partial charge >= 0.3 is 5.97 Å². The van der Waals surface area contributed by atoms with Gasteiger partial charge in [0.2, 0.25) is 0 Å². The van der Waals surface area contributed by atoms with Gasteiger partial charge in [0.25, 0.3) is 10.1 Å². The van der Waals surface area contributed by atoms with Gasteiger partial charge in [0.1, 0.15) is 9.84 Å². The average Bonchev–Trinajstić information content (AvgIpc) is 2.52. The molecule has 10 heteroatoms. The summed E-state index contributed by atoms with van der Waals surface area (Å²) in [5.74, 6) is -1.95. The zero-order chi connectivity index (χ0) is 20.7. The molecule has 0 unspecified atom stereocenters. The van der Waals surface area contributed by atoms with E-state index in [9.17, 15) is 26.7 Å². The minimum atomic E-state index is -3.98. The molecule has 0 bridgehead atoms. The van der Waals surface area contributed by atoms with E-state index in [-0.39, 0.29) is 18.8 Å². The van der Waals surface area contributed by atoms with E-state index in [0.29, 0.717) is 0 Å². The number of rotatable bonds is 12. The van der Waals surface area contributed by atoms with Gasteiger partial charge in [-0.3, -0.25) is 4.18 Å². The number of carbonyl (C=O) groups is 1. The number of hydrogen-bond acceptors (Lipinski definition) is 7. The minimum Gasteiger partial charge on any atom is -0.479 e. The summed E-state index contributed by atoms with van der Waals surface area (Å²) in [6, 6.07) is 8.99. The van der Waals surface area contributed by atoms with E-state index in [2.05, 4.69) is 0 Å². The Morgan fingerprint density at radius 1 is 1.11 bits per heavy atom. The van der Waals surface area contributed by atoms with Crippen LogP contribution in [0.4, 0.5) is 0 Å². The molecule has 1 N–H and O–H groups in total. The van der Waals surface area contributed by atoms with Crippen LogP contribution in [0.15, 0.2) is 30.3 Å². The molecule has 0 saturated carbocycles. The molecule has 0 aliphatic carbocycles. The van der Waals surface area contributed by atoms with E-state index < -0.39 is 49.8 Å². The van der Waals surface area contributed by atoms with Crippen LogP contribution in [0.3, 0.4) is 0 Å². The number of aliphatic carboxylic acids is 1. The lowest BCUT2D eigenvalue weighted by Gasteiger charge is -2.30. The van der Waals surface area contributed by atoms with Crippen molar-refractivity contribution < 1.29 is 35.7 Å². The van der Waals surface area contributed by atoms with Crippen molar-refractivity contribution in [3.05, 3.63) is 35.9 Å². The quantitative estimate of drug-likeness (QED) is 0.502. The van der Waals surface area contributed by atoms with Gasteiger partial charge in [0.15, 0.2) is 6.10 Å². The van der Waals surface area contributed by atoms with Crippen LogP contribution >= 0.6 is 0 Å². The van der Waals surface area contributed by atoms with E-state index in [1.165, 1.54) is 13.8 Å². The summed E-state index contributed by atoms with van der Waals surface area (Å²) in [5.41, 5.74) is -0.348. The molecule has 0 fully saturated rings. The van der Waals surface area contributed by atoms with Crippen LogP contribution in [0.5, 0.6) is 0 Å². The molecule has 8 nitrogen and oxygen atoms in total. The van der Waals surface area contributed by atoms with E-state index in [1.807, 2.05) is 6.07 Å². The smallest absolute Gasteiger partial charge is 0.333 e. The molecule has 1 aromatic carbocycles. The zero-order valence-electron chi connectivity index (χ0n) is 15.6. The topological polar surface area (TPSA) is 124 Å². The highest BCUT2D eigenvalue weighted by molar-refractivity contribution is 7.90. The fraction of sp³-hybridized carbons (Fsp3) is 0.588. The standard InChI is InChI=1S/C17H26O8S2/c1-17(2,13-25-27(22,23)11-7-10-26(3,20)21)15(16(18)19)24-12-14-8-5-4-6-9-14/h4-6,8-9,15H,7,10-13H2,1-3H3,(H,18,19)/t15-/m0/s1. The number of benzene rings is 1. The second kappa shape index (κ2) is 9.63. The van der Waals surface area contributed by atoms with Crippen LogP contribution in [0, 0.1) is 5.41 Å². The third-order valence-corrected chi connectivity index (χ3v) is 6.01. The number of sulfone groups is 1. The predicted octanol–water partition coefficient (Wildman–Crippen LogP) is 1.46. The Morgan fingerprint density at radius 2 is 1.70 bits per heavy atom. The summed E-state index contributed by atoms with van der Waals surface area (Å²) in [4.78, 5) is 11.6. The summed E-state index contributed by atoms with van der Waals surface area (Å²) in [6.07, 6.45) is -0.358. The largest absolute Gasteiger partial charge is 0.479 e. The second-order valence-corrected chi connectivity index (χ2v) is 11.0. The molecule has 0 radical (unpaired) electrons. The van der Waals surface area contributed by atoms with Gasteiger partial charge in [0, 0.05) is 11.7 Å². The maximum atomic E-state index is 11.9. The summed E-state index contributed by atoms with van der Waals surface area (Å²) in [6.45, 7) is 2.72. The van der Waals surface area contributed by atoms with Gasteiger partial charge in [0.05, 0.1) is 24.7 Å². The summed E-state index contributed by atoms with van der Waals surface area (Å²) in [7, 11) is -7.24. The molecular formula is C17H26O8S2. The summed E-state index contributed by atoms with van der Waals surface area (Å²) >= 11 is 0. The first-order chi connectivity index (χ1) is 12.3. The van der Waals surface area contributed by atoms with E-state index in [1.54, 1.807) is 24.3 Å². The van der Waals surface area contributed by atoms with Crippen molar-refractivity contribution in [2.45, 2.75) is 33.0 Å². The SMILES string of the molecule is CC(C)(COS(=O)(=O)CCCS(C)(=O)=O)[C@@H](OCc1ccccc1)C(=O)O. The number of hydrogen-bond donors (Lipinski definition) is 1. The molecule has 1 aromatic rings. The van der Waals surface area contributed by atoms with Gasteiger partial charge in [-0.25, -0.2) is 13.2 Å². The Hall–Kier alpha value is -1.49. The lowest BCUT2D eigenvalue weighted by atomic mass is 9.87. The van der Waals surface area contributed by atoms with Gasteiger partial charge in [-0.05, 0) is 12.0 Å². The monoisotopic (exact) mass is 422 g/mol. The maximum absolute atomic E-state index is 11.9. The van der Waals surface area contributed by atoms with Crippen molar-refractivity contribution >= 4 is 25.9 Å². The zero-order valence-corrected chi connectivity index (χ0v) is 17.3. The molecule has 1 rings (SSSR count). The molecule has 0 heterocycles. The summed E-state index contributed by atoms with van der Waals surface area (Å²) < 4.78 is 56.4. The number of carboxylic acid groups (broad SMARTS) is 1. The lowest BCUT2D eigenvalue weighted by Crippen LogP contribution is -2.42. The normalized spacial score (nSPS) is 14.0. The first kappa shape index (κ1) is 23.5. The van der Waals surface area contributed by atoms with Crippen molar-refractivity contribution in [2.75, 3.05) is 24.4 Å². The maximum Gasteiger partial charge on any atom is 0.333 e. The molecule has 0 amide bonds. The highest BCUT2D eigenvalue weighted by Crippen LogP contribution is 2.26. The van der Waals surface area contributed by atoms with Crippen LogP contribution in [0.2, 0.25) is 0 Å². The molecule has 0 aliphatic heterocycles. The van der Waals surface area contributed by atoms with Crippen molar-refractivity contribution in [3.8, 4) is 0 Å². The Morgan fingerprint density at radius 3 is 2.22 bits per heavy atom. The predicted molar refractivity (Wildman–Crippen MR) is 101 cm³/mol. The third-order valence-electron chi connectivity index (χ3n) is 3.71. The first-order valence-electron chi connectivity index (χ1n) is 8.25. The van der Waals surface area contributed by atoms with Gasteiger partial charge in [-0.1, -0.05) is 44.2 Å². The Kier molecular flexibility index (Phi) is 8.40. The fourth-order valence-electron chi connectivity index (χ4n) is 2.26. The average molecular weight is 423 g/mol. The fourth-order valence-corrected chi connectivity index (χ4v) is 4.21. The van der Waals surface area contributed by atoms with E-state index in [0.717, 1.165) is 11.8 Å². The van der Waals surface area contributed by atoms with Crippen molar-refractivity contribution in [1.29, 1.82) is 0 Å². The summed E-state index contributed by atoms with van der Waals surface area (Å²) in [5, 5.41) is 9.45. The van der Waals surface area contributed by atoms with E-state index in [4.69, 9.17) is 8.92 Å². The Labute approximate surface area is 160 Å². The third kappa shape index (κ3) is 9.32. The highest BCUT2D eigenvalue weighted by Gasteiger charge is 2.38. The molecule has 1 atom stereocenters.